The largest absolute Gasteiger partial charge is 0.463 e. The third-order valence-corrected chi connectivity index (χ3v) is 3.31. The van der Waals surface area contributed by atoms with E-state index in [1.54, 1.807) is 18.2 Å². The van der Waals surface area contributed by atoms with Crippen molar-refractivity contribution in [3.05, 3.63) is 65.8 Å². The number of rotatable bonds is 5. The fourth-order valence-corrected chi connectivity index (χ4v) is 2.08. The monoisotopic (exact) mass is 315 g/mol. The molecule has 1 amide bonds. The Hall–Kier alpha value is -2.93. The highest BCUT2D eigenvalue weighted by molar-refractivity contribution is 5.93. The number of hydrogen-bond acceptors (Lipinski definition) is 4. The van der Waals surface area contributed by atoms with Crippen LogP contribution in [0, 0.1) is 5.82 Å². The van der Waals surface area contributed by atoms with E-state index in [2.05, 4.69) is 15.5 Å². The number of nitrogens with zero attached hydrogens (tertiary/aromatic N) is 1. The summed E-state index contributed by atoms with van der Waals surface area (Å²) in [6.07, 6.45) is 0.595. The maximum absolute atomic E-state index is 12.8. The highest BCUT2D eigenvalue weighted by atomic mass is 19.1. The van der Waals surface area contributed by atoms with Crippen LogP contribution in [0.4, 0.5) is 4.39 Å². The molecule has 0 fully saturated rings. The number of aliphatic hydroxyl groups is 1. The number of nitrogens with one attached hydrogen (secondary N) is 2. The lowest BCUT2D eigenvalue weighted by molar-refractivity contribution is 0.0911. The molecule has 3 N–H and O–H groups in total. The van der Waals surface area contributed by atoms with Gasteiger partial charge >= 0.3 is 0 Å². The molecule has 23 heavy (non-hydrogen) atoms. The third-order valence-electron chi connectivity index (χ3n) is 3.31. The average Bonchev–Trinajstić information content (AvgIpc) is 3.23. The highest BCUT2D eigenvalue weighted by Crippen LogP contribution is 2.18. The molecule has 1 aromatic carbocycles. The van der Waals surface area contributed by atoms with Gasteiger partial charge in [0.25, 0.3) is 5.91 Å². The summed E-state index contributed by atoms with van der Waals surface area (Å²) in [6.45, 7) is -0.00654. The predicted molar refractivity (Wildman–Crippen MR) is 80.0 cm³/mol. The van der Waals surface area contributed by atoms with Crippen LogP contribution >= 0.6 is 0 Å². The summed E-state index contributed by atoms with van der Waals surface area (Å²) in [5.74, 6) is -0.241. The molecule has 7 heteroatoms. The first-order valence-corrected chi connectivity index (χ1v) is 6.94. The summed E-state index contributed by atoms with van der Waals surface area (Å²) in [5.41, 5.74) is 1.28. The fourth-order valence-electron chi connectivity index (χ4n) is 2.08. The Kier molecular flexibility index (Phi) is 4.20. The van der Waals surface area contributed by atoms with Crippen molar-refractivity contribution in [3.8, 4) is 11.5 Å². The SMILES string of the molecule is O=C(NCC(O)c1ccc(F)cc1)c1cc(-c2ccco2)[nH]n1. The van der Waals surface area contributed by atoms with E-state index in [0.29, 0.717) is 17.0 Å². The lowest BCUT2D eigenvalue weighted by atomic mass is 10.1. The molecule has 0 bridgehead atoms. The molecule has 0 aliphatic carbocycles. The van der Waals surface area contributed by atoms with E-state index >= 15 is 0 Å². The van der Waals surface area contributed by atoms with Crippen molar-refractivity contribution < 1.29 is 18.7 Å². The number of aliphatic hydroxyl groups excluding tert-OH is 1. The van der Waals surface area contributed by atoms with Gasteiger partial charge in [-0.3, -0.25) is 9.89 Å². The molecule has 0 spiro atoms. The third kappa shape index (κ3) is 3.46. The second kappa shape index (κ2) is 6.45. The zero-order valence-electron chi connectivity index (χ0n) is 12.0. The number of carbonyl (C=O) groups excluding carboxylic acids is 1. The molecule has 0 aliphatic heterocycles. The molecule has 3 aromatic rings. The van der Waals surface area contributed by atoms with Gasteiger partial charge < -0.3 is 14.8 Å². The van der Waals surface area contributed by atoms with E-state index in [1.165, 1.54) is 30.5 Å². The summed E-state index contributed by atoms with van der Waals surface area (Å²) in [5, 5.41) is 19.2. The molecule has 0 saturated heterocycles. The first kappa shape index (κ1) is 15.0. The van der Waals surface area contributed by atoms with Gasteiger partial charge in [-0.1, -0.05) is 12.1 Å². The maximum atomic E-state index is 12.8. The van der Waals surface area contributed by atoms with Gasteiger partial charge in [0.05, 0.1) is 12.4 Å². The molecule has 0 saturated carbocycles. The van der Waals surface area contributed by atoms with Crippen LogP contribution in [0.1, 0.15) is 22.2 Å². The second-order valence-electron chi connectivity index (χ2n) is 4.92. The van der Waals surface area contributed by atoms with Crippen molar-refractivity contribution in [2.45, 2.75) is 6.10 Å². The smallest absolute Gasteiger partial charge is 0.271 e. The van der Waals surface area contributed by atoms with E-state index in [1.807, 2.05) is 0 Å². The summed E-state index contributed by atoms with van der Waals surface area (Å²) < 4.78 is 18.0. The van der Waals surface area contributed by atoms with Gasteiger partial charge in [0.1, 0.15) is 11.5 Å². The minimum Gasteiger partial charge on any atom is -0.463 e. The predicted octanol–water partition coefficient (Wildman–Crippen LogP) is 2.27. The Balaban J connectivity index is 1.60. The van der Waals surface area contributed by atoms with Crippen LogP contribution < -0.4 is 5.32 Å². The van der Waals surface area contributed by atoms with E-state index in [0.717, 1.165) is 0 Å². The van der Waals surface area contributed by atoms with E-state index < -0.39 is 12.0 Å². The summed E-state index contributed by atoms with van der Waals surface area (Å²) in [6, 6.07) is 10.5. The molecule has 0 aliphatic rings. The van der Waals surface area contributed by atoms with Crippen molar-refractivity contribution in [2.24, 2.45) is 0 Å². The van der Waals surface area contributed by atoms with Crippen molar-refractivity contribution in [3.63, 3.8) is 0 Å². The van der Waals surface area contributed by atoms with E-state index in [4.69, 9.17) is 4.42 Å². The Morgan fingerprint density at radius 2 is 2.13 bits per heavy atom. The molecular formula is C16H14FN3O3. The van der Waals surface area contributed by atoms with Crippen LogP contribution in [0.25, 0.3) is 11.5 Å². The van der Waals surface area contributed by atoms with Crippen LogP contribution in [0.5, 0.6) is 0 Å². The Morgan fingerprint density at radius 3 is 2.83 bits per heavy atom. The molecule has 118 valence electrons. The number of amides is 1. The first-order valence-electron chi connectivity index (χ1n) is 6.94. The lowest BCUT2D eigenvalue weighted by Gasteiger charge is -2.11. The van der Waals surface area contributed by atoms with Gasteiger partial charge in [-0.15, -0.1) is 0 Å². The normalized spacial score (nSPS) is 12.1. The average molecular weight is 315 g/mol. The molecule has 2 heterocycles. The number of aromatic nitrogens is 2. The van der Waals surface area contributed by atoms with Crippen molar-refractivity contribution in [1.82, 2.24) is 15.5 Å². The maximum Gasteiger partial charge on any atom is 0.271 e. The van der Waals surface area contributed by atoms with Gasteiger partial charge in [-0.25, -0.2) is 4.39 Å². The van der Waals surface area contributed by atoms with Gasteiger partial charge in [0.15, 0.2) is 11.5 Å². The lowest BCUT2D eigenvalue weighted by Crippen LogP contribution is -2.28. The number of H-pyrrole nitrogens is 1. The Labute approximate surface area is 131 Å². The minimum absolute atomic E-state index is 0.00654. The van der Waals surface area contributed by atoms with Gasteiger partial charge in [-0.2, -0.15) is 5.10 Å². The van der Waals surface area contributed by atoms with Crippen LogP contribution in [0.15, 0.2) is 53.1 Å². The van der Waals surface area contributed by atoms with Gasteiger partial charge in [0, 0.05) is 12.6 Å². The van der Waals surface area contributed by atoms with Crippen LogP contribution in [-0.4, -0.2) is 27.8 Å². The molecule has 1 atom stereocenters. The van der Waals surface area contributed by atoms with Crippen molar-refractivity contribution in [2.75, 3.05) is 6.54 Å². The topological polar surface area (TPSA) is 91.1 Å². The molecule has 6 nitrogen and oxygen atoms in total. The molecule has 0 radical (unpaired) electrons. The number of carbonyl (C=O) groups is 1. The molecular weight excluding hydrogens is 301 g/mol. The van der Waals surface area contributed by atoms with Gasteiger partial charge in [0.2, 0.25) is 0 Å². The molecule has 2 aromatic heterocycles. The highest BCUT2D eigenvalue weighted by Gasteiger charge is 2.15. The summed E-state index contributed by atoms with van der Waals surface area (Å²) >= 11 is 0. The quantitative estimate of drug-likeness (QED) is 0.673. The molecule has 1 unspecified atom stereocenters. The zero-order chi connectivity index (χ0) is 16.2. The van der Waals surface area contributed by atoms with Crippen molar-refractivity contribution in [1.29, 1.82) is 0 Å². The minimum atomic E-state index is -0.928. The number of hydrogen-bond donors (Lipinski definition) is 3. The Bertz CT molecular complexity index is 781. The van der Waals surface area contributed by atoms with Crippen LogP contribution in [0.3, 0.4) is 0 Å². The van der Waals surface area contributed by atoms with Gasteiger partial charge in [-0.05, 0) is 29.8 Å². The number of furan rings is 1. The standard InChI is InChI=1S/C16H14FN3O3/c17-11-5-3-10(4-6-11)14(21)9-18-16(22)13-8-12(19-20-13)15-2-1-7-23-15/h1-8,14,21H,9H2,(H,18,22)(H,19,20). The molecule has 3 rings (SSSR count). The number of aromatic amines is 1. The van der Waals surface area contributed by atoms with Crippen LogP contribution in [0.2, 0.25) is 0 Å². The summed E-state index contributed by atoms with van der Waals surface area (Å²) in [7, 11) is 0. The number of benzene rings is 1. The van der Waals surface area contributed by atoms with E-state index in [-0.39, 0.29) is 18.1 Å². The summed E-state index contributed by atoms with van der Waals surface area (Å²) in [4.78, 5) is 12.0. The van der Waals surface area contributed by atoms with Crippen molar-refractivity contribution >= 4 is 5.91 Å². The number of halogens is 1. The Morgan fingerprint density at radius 1 is 1.35 bits per heavy atom. The van der Waals surface area contributed by atoms with E-state index in [9.17, 15) is 14.3 Å². The fraction of sp³-hybridized carbons (Fsp3) is 0.125. The second-order valence-corrected chi connectivity index (χ2v) is 4.92. The zero-order valence-corrected chi connectivity index (χ0v) is 12.0. The first-order chi connectivity index (χ1) is 11.1. The van der Waals surface area contributed by atoms with Crippen LogP contribution in [-0.2, 0) is 0 Å².